The molecule has 3 aromatic rings. The number of alkyl halides is 2. The van der Waals surface area contributed by atoms with Gasteiger partial charge in [-0.05, 0) is 49.3 Å². The van der Waals surface area contributed by atoms with E-state index in [2.05, 4.69) is 15.0 Å². The minimum absolute atomic E-state index is 0.0104. The fourth-order valence-electron chi connectivity index (χ4n) is 3.58. The summed E-state index contributed by atoms with van der Waals surface area (Å²) in [7, 11) is 1.59. The molecule has 0 aliphatic rings. The molecule has 0 aliphatic heterocycles. The zero-order valence-electron chi connectivity index (χ0n) is 18.3. The fourth-order valence-corrected chi connectivity index (χ4v) is 3.86. The molecule has 7 nitrogen and oxygen atoms in total. The summed E-state index contributed by atoms with van der Waals surface area (Å²) >= 11 is 5.32. The molecule has 1 aromatic heterocycles. The van der Waals surface area contributed by atoms with Gasteiger partial charge in [-0.25, -0.2) is 0 Å². The molecule has 33 heavy (non-hydrogen) atoms. The van der Waals surface area contributed by atoms with E-state index in [9.17, 15) is 18.4 Å². The number of carbonyl (C=O) groups excluding carboxylic acids is 1. The quantitative estimate of drug-likeness (QED) is 0.330. The molecule has 0 saturated carbocycles. The summed E-state index contributed by atoms with van der Waals surface area (Å²) in [6.07, 6.45) is 1.09. The monoisotopic (exact) mass is 477 g/mol. The average molecular weight is 478 g/mol. The van der Waals surface area contributed by atoms with Crippen LogP contribution in [-0.2, 0) is 11.3 Å². The largest absolute Gasteiger partial charge is 0.434 e. The summed E-state index contributed by atoms with van der Waals surface area (Å²) < 4.78 is 36.9. The Hall–Kier alpha value is -3.11. The number of hydrogen-bond acceptors (Lipinski definition) is 5. The predicted molar refractivity (Wildman–Crippen MR) is 123 cm³/mol. The van der Waals surface area contributed by atoms with Crippen LogP contribution in [0.25, 0.3) is 10.9 Å². The van der Waals surface area contributed by atoms with Gasteiger partial charge in [0.2, 0.25) is 0 Å². The number of carbonyl (C=O) groups is 1. The van der Waals surface area contributed by atoms with Gasteiger partial charge in [0.1, 0.15) is 5.75 Å². The third-order valence-electron chi connectivity index (χ3n) is 5.20. The van der Waals surface area contributed by atoms with E-state index in [0.29, 0.717) is 48.0 Å². The molecular formula is C23H25F2N3O4S. The van der Waals surface area contributed by atoms with E-state index in [0.717, 1.165) is 0 Å². The van der Waals surface area contributed by atoms with Crippen molar-refractivity contribution in [1.29, 1.82) is 0 Å². The standard InChI is InChI=1S/C23H25F2N3O4S/c1-3-17(15-7-4-5-8-19(15)32-22(24)25)26-20(29)14-9-10-16-18(13-14)27-23(33)28(21(16)30)11-6-12-31-2/h4-5,7-10,13,17,22H,3,6,11-12H2,1-2H3,(H,26,29)(H,27,33). The number of nitrogens with zero attached hydrogens (tertiary/aromatic N) is 1. The highest BCUT2D eigenvalue weighted by molar-refractivity contribution is 7.71. The van der Waals surface area contributed by atoms with Gasteiger partial charge in [0.05, 0.1) is 16.9 Å². The normalized spacial score (nSPS) is 12.2. The third kappa shape index (κ3) is 5.82. The highest BCUT2D eigenvalue weighted by Crippen LogP contribution is 2.28. The first-order valence-corrected chi connectivity index (χ1v) is 10.9. The van der Waals surface area contributed by atoms with Crippen LogP contribution >= 0.6 is 12.2 Å². The van der Waals surface area contributed by atoms with E-state index in [1.54, 1.807) is 43.5 Å². The molecule has 176 valence electrons. The Labute approximate surface area is 194 Å². The Bertz CT molecular complexity index is 1240. The van der Waals surface area contributed by atoms with Crippen molar-refractivity contribution in [2.45, 2.75) is 39.0 Å². The van der Waals surface area contributed by atoms with Gasteiger partial charge in [-0.15, -0.1) is 0 Å². The third-order valence-corrected chi connectivity index (χ3v) is 5.52. The van der Waals surface area contributed by atoms with Crippen LogP contribution in [-0.4, -0.2) is 35.8 Å². The second-order valence-corrected chi connectivity index (χ2v) is 7.73. The molecule has 0 aliphatic carbocycles. The van der Waals surface area contributed by atoms with Gasteiger partial charge in [0, 0.05) is 31.4 Å². The lowest BCUT2D eigenvalue weighted by Gasteiger charge is -2.20. The number of methoxy groups -OCH3 is 1. The van der Waals surface area contributed by atoms with Crippen LogP contribution in [0.3, 0.4) is 0 Å². The number of para-hydroxylation sites is 1. The molecule has 0 spiro atoms. The second-order valence-electron chi connectivity index (χ2n) is 7.34. The summed E-state index contributed by atoms with van der Waals surface area (Å²) in [5.74, 6) is -0.407. The molecule has 0 fully saturated rings. The van der Waals surface area contributed by atoms with Crippen LogP contribution in [0.4, 0.5) is 8.78 Å². The molecule has 2 aromatic carbocycles. The van der Waals surface area contributed by atoms with Gasteiger partial charge >= 0.3 is 6.61 Å². The van der Waals surface area contributed by atoms with Crippen molar-refractivity contribution in [2.75, 3.05) is 13.7 Å². The zero-order valence-corrected chi connectivity index (χ0v) is 19.1. The lowest BCUT2D eigenvalue weighted by molar-refractivity contribution is -0.0506. The minimum atomic E-state index is -2.97. The Morgan fingerprint density at radius 3 is 2.70 bits per heavy atom. The van der Waals surface area contributed by atoms with Gasteiger partial charge in [-0.1, -0.05) is 25.1 Å². The first kappa shape index (κ1) is 24.5. The van der Waals surface area contributed by atoms with E-state index in [-0.39, 0.29) is 16.1 Å². The average Bonchev–Trinajstić information content (AvgIpc) is 2.79. The lowest BCUT2D eigenvalue weighted by atomic mass is 10.0. The lowest BCUT2D eigenvalue weighted by Crippen LogP contribution is -2.29. The van der Waals surface area contributed by atoms with Crippen LogP contribution in [0.1, 0.15) is 41.7 Å². The summed E-state index contributed by atoms with van der Waals surface area (Å²) in [5.41, 5.74) is 0.944. The van der Waals surface area contributed by atoms with Crippen molar-refractivity contribution in [3.05, 3.63) is 68.7 Å². The van der Waals surface area contributed by atoms with Crippen LogP contribution in [0.2, 0.25) is 0 Å². The summed E-state index contributed by atoms with van der Waals surface area (Å²) in [5, 5.41) is 3.25. The van der Waals surface area contributed by atoms with Crippen molar-refractivity contribution in [3.8, 4) is 5.75 Å². The van der Waals surface area contributed by atoms with Gasteiger partial charge in [-0.3, -0.25) is 14.2 Å². The number of H-pyrrole nitrogens is 1. The number of ether oxygens (including phenoxy) is 2. The number of hydrogen-bond donors (Lipinski definition) is 2. The molecule has 1 heterocycles. The van der Waals surface area contributed by atoms with Crippen molar-refractivity contribution in [2.24, 2.45) is 0 Å². The Balaban J connectivity index is 1.87. The Morgan fingerprint density at radius 1 is 1.24 bits per heavy atom. The molecule has 3 rings (SSSR count). The van der Waals surface area contributed by atoms with Crippen LogP contribution in [0, 0.1) is 4.77 Å². The highest BCUT2D eigenvalue weighted by Gasteiger charge is 2.20. The SMILES string of the molecule is CCC(NC(=O)c1ccc2c(=O)n(CCCOC)c(=S)[nH]c2c1)c1ccccc1OC(F)F. The van der Waals surface area contributed by atoms with E-state index >= 15 is 0 Å². The maximum atomic E-state index is 12.9. The van der Waals surface area contributed by atoms with Gasteiger partial charge in [0.15, 0.2) is 4.77 Å². The van der Waals surface area contributed by atoms with E-state index in [1.165, 1.54) is 10.6 Å². The smallest absolute Gasteiger partial charge is 0.387 e. The van der Waals surface area contributed by atoms with Crippen molar-refractivity contribution in [3.63, 3.8) is 0 Å². The molecule has 0 saturated heterocycles. The van der Waals surface area contributed by atoms with Gasteiger partial charge < -0.3 is 19.8 Å². The summed E-state index contributed by atoms with van der Waals surface area (Å²) in [6.45, 7) is -0.226. The van der Waals surface area contributed by atoms with Crippen LogP contribution in [0.15, 0.2) is 47.3 Å². The van der Waals surface area contributed by atoms with E-state index in [4.69, 9.17) is 17.0 Å². The predicted octanol–water partition coefficient (Wildman–Crippen LogP) is 4.58. The number of aromatic amines is 1. The molecule has 2 N–H and O–H groups in total. The fraction of sp³-hybridized carbons (Fsp3) is 0.348. The van der Waals surface area contributed by atoms with Gasteiger partial charge in [-0.2, -0.15) is 8.78 Å². The molecule has 1 unspecified atom stereocenters. The van der Waals surface area contributed by atoms with Crippen molar-refractivity contribution in [1.82, 2.24) is 14.9 Å². The Kier molecular flexibility index (Phi) is 8.29. The van der Waals surface area contributed by atoms with Crippen molar-refractivity contribution < 1.29 is 23.0 Å². The van der Waals surface area contributed by atoms with E-state index < -0.39 is 18.6 Å². The second kappa shape index (κ2) is 11.2. The maximum absolute atomic E-state index is 12.9. The number of nitrogens with one attached hydrogen (secondary N) is 2. The first-order valence-electron chi connectivity index (χ1n) is 10.5. The number of fused-ring (bicyclic) bond motifs is 1. The summed E-state index contributed by atoms with van der Waals surface area (Å²) in [4.78, 5) is 28.8. The number of aromatic nitrogens is 2. The molecule has 1 amide bonds. The minimum Gasteiger partial charge on any atom is -0.434 e. The molecule has 1 atom stereocenters. The van der Waals surface area contributed by atoms with Crippen LogP contribution < -0.4 is 15.6 Å². The number of amides is 1. The van der Waals surface area contributed by atoms with E-state index in [1.807, 2.05) is 6.92 Å². The summed E-state index contributed by atoms with van der Waals surface area (Å²) in [6, 6.07) is 10.5. The van der Waals surface area contributed by atoms with Crippen LogP contribution in [0.5, 0.6) is 5.75 Å². The Morgan fingerprint density at radius 2 is 2.00 bits per heavy atom. The van der Waals surface area contributed by atoms with Gasteiger partial charge in [0.25, 0.3) is 11.5 Å². The number of halogens is 2. The molecular weight excluding hydrogens is 452 g/mol. The topological polar surface area (TPSA) is 85.4 Å². The number of benzene rings is 2. The maximum Gasteiger partial charge on any atom is 0.387 e. The first-order chi connectivity index (χ1) is 15.8. The number of rotatable bonds is 10. The molecule has 0 radical (unpaired) electrons. The molecule has 10 heteroatoms. The van der Waals surface area contributed by atoms with Crippen molar-refractivity contribution >= 4 is 29.0 Å². The zero-order chi connectivity index (χ0) is 24.0. The highest BCUT2D eigenvalue weighted by atomic mass is 32.1. The molecule has 0 bridgehead atoms.